The van der Waals surface area contributed by atoms with E-state index < -0.39 is 6.04 Å². The monoisotopic (exact) mass is 423 g/mol. The van der Waals surface area contributed by atoms with Gasteiger partial charge in [0.1, 0.15) is 0 Å². The number of amides is 2. The smallest absolute Gasteiger partial charge is 0.243 e. The van der Waals surface area contributed by atoms with Crippen molar-refractivity contribution in [1.82, 2.24) is 10.6 Å². The summed E-state index contributed by atoms with van der Waals surface area (Å²) in [4.78, 5) is 24.9. The fraction of sp³-hybridized carbons (Fsp3) is 0.462. The van der Waals surface area contributed by atoms with Crippen molar-refractivity contribution in [3.63, 3.8) is 0 Å². The van der Waals surface area contributed by atoms with Crippen molar-refractivity contribution < 1.29 is 9.59 Å². The number of hydrogen-bond acceptors (Lipinski definition) is 3. The number of aryl methyl sites for hydroxylation is 3. The lowest BCUT2D eigenvalue weighted by Gasteiger charge is -2.26. The van der Waals surface area contributed by atoms with E-state index in [0.717, 1.165) is 29.7 Å². The lowest BCUT2D eigenvalue weighted by Crippen LogP contribution is -2.46. The minimum atomic E-state index is -0.421. The summed E-state index contributed by atoms with van der Waals surface area (Å²) in [6.07, 6.45) is 2.20. The average Bonchev–Trinajstić information content (AvgIpc) is 2.73. The molecule has 5 nitrogen and oxygen atoms in total. The number of hydrogen-bond donors (Lipinski definition) is 3. The fourth-order valence-electron chi connectivity index (χ4n) is 3.71. The molecule has 0 saturated carbocycles. The molecule has 2 aromatic rings. The van der Waals surface area contributed by atoms with Gasteiger partial charge in [-0.25, -0.2) is 0 Å². The zero-order chi connectivity index (χ0) is 23.0. The van der Waals surface area contributed by atoms with Gasteiger partial charge in [0.15, 0.2) is 0 Å². The predicted molar refractivity (Wildman–Crippen MR) is 128 cm³/mol. The van der Waals surface area contributed by atoms with Crippen LogP contribution in [-0.4, -0.2) is 24.4 Å². The van der Waals surface area contributed by atoms with Crippen molar-refractivity contribution in [2.45, 2.75) is 66.5 Å². The van der Waals surface area contributed by atoms with Gasteiger partial charge in [0, 0.05) is 11.7 Å². The van der Waals surface area contributed by atoms with Gasteiger partial charge >= 0.3 is 0 Å². The molecule has 2 atom stereocenters. The molecule has 0 aromatic heterocycles. The molecule has 31 heavy (non-hydrogen) atoms. The highest BCUT2D eigenvalue weighted by atomic mass is 16.2. The van der Waals surface area contributed by atoms with E-state index >= 15 is 0 Å². The van der Waals surface area contributed by atoms with Crippen LogP contribution in [0.2, 0.25) is 0 Å². The summed E-state index contributed by atoms with van der Waals surface area (Å²) >= 11 is 0. The first-order valence-electron chi connectivity index (χ1n) is 11.2. The summed E-state index contributed by atoms with van der Waals surface area (Å²) in [6, 6.07) is 14.1. The number of benzene rings is 2. The van der Waals surface area contributed by atoms with E-state index in [-0.39, 0.29) is 24.4 Å². The molecular weight excluding hydrogens is 386 g/mol. The maximum atomic E-state index is 12.6. The van der Waals surface area contributed by atoms with Crippen LogP contribution in [0.4, 0.5) is 5.69 Å². The highest BCUT2D eigenvalue weighted by Gasteiger charge is 2.22. The first-order valence-corrected chi connectivity index (χ1v) is 11.2. The SMILES string of the molecule is CCCc1ccc([C@H](N[C@H](C)C(=O)NCC(=O)Nc2c(C)cccc2C)C(C)C)cc1. The van der Waals surface area contributed by atoms with E-state index in [1.54, 1.807) is 0 Å². The van der Waals surface area contributed by atoms with E-state index in [2.05, 4.69) is 61.0 Å². The quantitative estimate of drug-likeness (QED) is 0.519. The molecular formula is C26H37N3O2. The zero-order valence-corrected chi connectivity index (χ0v) is 19.7. The zero-order valence-electron chi connectivity index (χ0n) is 19.7. The Labute approximate surface area is 187 Å². The van der Waals surface area contributed by atoms with Crippen LogP contribution in [0, 0.1) is 19.8 Å². The molecule has 0 unspecified atom stereocenters. The molecule has 0 heterocycles. The molecule has 0 fully saturated rings. The van der Waals surface area contributed by atoms with Crippen molar-refractivity contribution >= 4 is 17.5 Å². The minimum Gasteiger partial charge on any atom is -0.346 e. The standard InChI is InChI=1S/C26H37N3O2/c1-7-9-21-12-14-22(15-13-21)24(17(2)3)28-20(6)26(31)27-16-23(30)29-25-18(4)10-8-11-19(25)5/h8,10-15,17,20,24,28H,7,9,16H2,1-6H3,(H,27,31)(H,29,30)/t20-,24-/m1/s1. The summed E-state index contributed by atoms with van der Waals surface area (Å²) in [5, 5.41) is 9.08. The van der Waals surface area contributed by atoms with Crippen molar-refractivity contribution in [2.75, 3.05) is 11.9 Å². The molecule has 2 rings (SSSR count). The number of carbonyl (C=O) groups excluding carboxylic acids is 2. The van der Waals surface area contributed by atoms with Crippen LogP contribution < -0.4 is 16.0 Å². The van der Waals surface area contributed by atoms with Crippen LogP contribution in [0.1, 0.15) is 62.4 Å². The van der Waals surface area contributed by atoms with E-state index in [1.807, 2.05) is 39.0 Å². The summed E-state index contributed by atoms with van der Waals surface area (Å²) in [5.41, 5.74) is 5.30. The Morgan fingerprint density at radius 1 is 0.935 bits per heavy atom. The molecule has 2 aromatic carbocycles. The van der Waals surface area contributed by atoms with Crippen molar-refractivity contribution in [2.24, 2.45) is 5.92 Å². The molecule has 3 N–H and O–H groups in total. The highest BCUT2D eigenvalue weighted by molar-refractivity contribution is 5.96. The molecule has 0 aliphatic rings. The van der Waals surface area contributed by atoms with Gasteiger partial charge in [0.25, 0.3) is 0 Å². The largest absolute Gasteiger partial charge is 0.346 e. The van der Waals surface area contributed by atoms with Crippen molar-refractivity contribution in [3.8, 4) is 0 Å². The molecule has 0 aliphatic heterocycles. The Morgan fingerprint density at radius 3 is 2.10 bits per heavy atom. The number of carbonyl (C=O) groups is 2. The fourth-order valence-corrected chi connectivity index (χ4v) is 3.71. The highest BCUT2D eigenvalue weighted by Crippen LogP contribution is 2.23. The second-order valence-corrected chi connectivity index (χ2v) is 8.63. The van der Waals surface area contributed by atoms with Crippen LogP contribution in [0.5, 0.6) is 0 Å². The Hall–Kier alpha value is -2.66. The second kappa shape index (κ2) is 11.7. The van der Waals surface area contributed by atoms with Crippen LogP contribution in [0.25, 0.3) is 0 Å². The molecule has 0 saturated heterocycles. The average molecular weight is 424 g/mol. The van der Waals surface area contributed by atoms with Gasteiger partial charge in [0.05, 0.1) is 12.6 Å². The Kier molecular flexibility index (Phi) is 9.25. The number of anilines is 1. The number of nitrogens with one attached hydrogen (secondary N) is 3. The van der Waals surface area contributed by atoms with E-state index in [0.29, 0.717) is 5.92 Å². The molecule has 0 aliphatic carbocycles. The maximum Gasteiger partial charge on any atom is 0.243 e. The van der Waals surface area contributed by atoms with Gasteiger partial charge in [0.2, 0.25) is 11.8 Å². The Balaban J connectivity index is 1.92. The summed E-state index contributed by atoms with van der Waals surface area (Å²) in [5.74, 6) is -0.102. The molecule has 0 spiro atoms. The van der Waals surface area contributed by atoms with E-state index in [9.17, 15) is 9.59 Å². The predicted octanol–water partition coefficient (Wildman–Crippen LogP) is 4.69. The van der Waals surface area contributed by atoms with Crippen molar-refractivity contribution in [3.05, 3.63) is 64.7 Å². The third-order valence-electron chi connectivity index (χ3n) is 5.54. The summed E-state index contributed by atoms with van der Waals surface area (Å²) in [6.45, 7) is 12.1. The molecule has 168 valence electrons. The first kappa shape index (κ1) is 24.6. The molecule has 0 bridgehead atoms. The Bertz CT molecular complexity index is 854. The first-order chi connectivity index (χ1) is 14.7. The van der Waals surface area contributed by atoms with Crippen LogP contribution in [-0.2, 0) is 16.0 Å². The normalized spacial score (nSPS) is 13.0. The van der Waals surface area contributed by atoms with Gasteiger partial charge in [-0.3, -0.25) is 14.9 Å². The van der Waals surface area contributed by atoms with Gasteiger partial charge < -0.3 is 10.6 Å². The molecule has 0 radical (unpaired) electrons. The maximum absolute atomic E-state index is 12.6. The summed E-state index contributed by atoms with van der Waals surface area (Å²) in [7, 11) is 0. The Morgan fingerprint density at radius 2 is 1.55 bits per heavy atom. The topological polar surface area (TPSA) is 70.2 Å². The van der Waals surface area contributed by atoms with E-state index in [1.165, 1.54) is 11.1 Å². The number of rotatable bonds is 10. The third-order valence-corrected chi connectivity index (χ3v) is 5.54. The van der Waals surface area contributed by atoms with E-state index in [4.69, 9.17) is 0 Å². The van der Waals surface area contributed by atoms with Crippen molar-refractivity contribution in [1.29, 1.82) is 0 Å². The van der Waals surface area contributed by atoms with Crippen LogP contribution >= 0.6 is 0 Å². The molecule has 5 heteroatoms. The summed E-state index contributed by atoms with van der Waals surface area (Å²) < 4.78 is 0. The lowest BCUT2D eigenvalue weighted by atomic mass is 9.94. The lowest BCUT2D eigenvalue weighted by molar-refractivity contribution is -0.125. The van der Waals surface area contributed by atoms with Gasteiger partial charge in [-0.1, -0.05) is 69.7 Å². The molecule has 2 amide bonds. The number of para-hydroxylation sites is 1. The van der Waals surface area contributed by atoms with Crippen LogP contribution in [0.3, 0.4) is 0 Å². The second-order valence-electron chi connectivity index (χ2n) is 8.63. The van der Waals surface area contributed by atoms with Gasteiger partial charge in [-0.05, 0) is 55.4 Å². The van der Waals surface area contributed by atoms with Gasteiger partial charge in [-0.2, -0.15) is 0 Å². The minimum absolute atomic E-state index is 0.0554. The van der Waals surface area contributed by atoms with Gasteiger partial charge in [-0.15, -0.1) is 0 Å². The van der Waals surface area contributed by atoms with Crippen LogP contribution in [0.15, 0.2) is 42.5 Å². The third kappa shape index (κ3) is 7.21.